The molecule has 0 aliphatic carbocycles. The highest BCUT2D eigenvalue weighted by Crippen LogP contribution is 2.15. The van der Waals surface area contributed by atoms with Gasteiger partial charge in [-0.15, -0.1) is 0 Å². The van der Waals surface area contributed by atoms with E-state index in [1.54, 1.807) is 12.1 Å². The molecule has 2 aromatic rings. The van der Waals surface area contributed by atoms with Crippen LogP contribution in [0.2, 0.25) is 0 Å². The second-order valence-corrected chi connectivity index (χ2v) is 6.24. The molecule has 2 aromatic carbocycles. The summed E-state index contributed by atoms with van der Waals surface area (Å²) in [5.74, 6) is -1.46. The van der Waals surface area contributed by atoms with E-state index in [2.05, 4.69) is 5.32 Å². The van der Waals surface area contributed by atoms with E-state index in [-0.39, 0.29) is 24.6 Å². The first-order chi connectivity index (χ1) is 13.4. The smallest absolute Gasteiger partial charge is 0.338 e. The van der Waals surface area contributed by atoms with Crippen LogP contribution in [0.3, 0.4) is 0 Å². The summed E-state index contributed by atoms with van der Waals surface area (Å²) in [6.07, 6.45) is 0.778. The third-order valence-electron chi connectivity index (χ3n) is 4.18. The van der Waals surface area contributed by atoms with Crippen LogP contribution in [0.4, 0.5) is 5.69 Å². The van der Waals surface area contributed by atoms with Crippen molar-refractivity contribution in [2.75, 3.05) is 25.5 Å². The van der Waals surface area contributed by atoms with Crippen LogP contribution in [-0.4, -0.2) is 48.0 Å². The number of nitrogens with zero attached hydrogens (tertiary/aromatic N) is 1. The molecule has 2 N–H and O–H groups in total. The number of nitrogens with one attached hydrogen (secondary N) is 1. The van der Waals surface area contributed by atoms with Gasteiger partial charge in [0.15, 0.2) is 6.61 Å². The number of aliphatic hydroxyl groups excluding tert-OH is 1. The fourth-order valence-electron chi connectivity index (χ4n) is 2.51. The van der Waals surface area contributed by atoms with Crippen molar-refractivity contribution in [3.63, 3.8) is 0 Å². The lowest BCUT2D eigenvalue weighted by Gasteiger charge is -2.17. The number of para-hydroxylation sites is 1. The molecule has 28 heavy (non-hydrogen) atoms. The van der Waals surface area contributed by atoms with Crippen molar-refractivity contribution in [1.82, 2.24) is 4.90 Å². The molecule has 0 fully saturated rings. The van der Waals surface area contributed by atoms with Crippen LogP contribution >= 0.6 is 0 Å². The Kier molecular flexibility index (Phi) is 7.71. The van der Waals surface area contributed by atoms with Crippen molar-refractivity contribution in [3.8, 4) is 0 Å². The fourth-order valence-corrected chi connectivity index (χ4v) is 2.51. The van der Waals surface area contributed by atoms with E-state index in [0.29, 0.717) is 11.3 Å². The van der Waals surface area contributed by atoms with E-state index in [1.807, 2.05) is 31.2 Å². The number of carbonyl (C=O) groups is 3. The fraction of sp³-hybridized carbons (Fsp3) is 0.286. The summed E-state index contributed by atoms with van der Waals surface area (Å²) < 4.78 is 5.00. The Balaban J connectivity index is 1.83. The first-order valence-electron chi connectivity index (χ1n) is 8.93. The molecule has 148 valence electrons. The van der Waals surface area contributed by atoms with Crippen LogP contribution in [0.5, 0.6) is 0 Å². The van der Waals surface area contributed by atoms with Crippen LogP contribution in [0.15, 0.2) is 48.5 Å². The Morgan fingerprint density at radius 2 is 1.75 bits per heavy atom. The zero-order valence-electron chi connectivity index (χ0n) is 16.0. The summed E-state index contributed by atoms with van der Waals surface area (Å²) in [7, 11) is 1.47. The minimum absolute atomic E-state index is 0.122. The number of carbonyl (C=O) groups excluding carboxylic acids is 3. The lowest BCUT2D eigenvalue weighted by atomic mass is 10.1. The van der Waals surface area contributed by atoms with Crippen molar-refractivity contribution in [3.05, 3.63) is 65.2 Å². The predicted octanol–water partition coefficient (Wildman–Crippen LogP) is 2.00. The number of esters is 1. The number of amides is 2. The molecule has 0 aliphatic rings. The van der Waals surface area contributed by atoms with Gasteiger partial charge in [0.1, 0.15) is 0 Å². The molecule has 7 nitrogen and oxygen atoms in total. The van der Waals surface area contributed by atoms with E-state index in [1.165, 1.54) is 24.1 Å². The Morgan fingerprint density at radius 1 is 1.07 bits per heavy atom. The maximum atomic E-state index is 12.2. The van der Waals surface area contributed by atoms with Crippen molar-refractivity contribution >= 4 is 23.5 Å². The molecular weight excluding hydrogens is 360 g/mol. The molecule has 0 saturated heterocycles. The molecule has 0 bridgehead atoms. The van der Waals surface area contributed by atoms with Crippen LogP contribution in [0.1, 0.15) is 28.4 Å². The molecule has 2 rings (SSSR count). The second kappa shape index (κ2) is 10.2. The summed E-state index contributed by atoms with van der Waals surface area (Å²) in [4.78, 5) is 37.5. The standard InChI is InChI=1S/C21H24N2O5/c1-3-16-6-4-5-7-18(16)22-19(25)12-23(2)20(26)14-28-21(27)17-10-8-15(13-24)9-11-17/h4-11,24H,3,12-14H2,1-2H3,(H,22,25). The zero-order valence-corrected chi connectivity index (χ0v) is 16.0. The summed E-state index contributed by atoms with van der Waals surface area (Å²) >= 11 is 0. The quantitative estimate of drug-likeness (QED) is 0.679. The highest BCUT2D eigenvalue weighted by atomic mass is 16.5. The molecular formula is C21H24N2O5. The Morgan fingerprint density at radius 3 is 2.39 bits per heavy atom. The van der Waals surface area contributed by atoms with Gasteiger partial charge in [-0.25, -0.2) is 4.79 Å². The average molecular weight is 384 g/mol. The third-order valence-corrected chi connectivity index (χ3v) is 4.18. The van der Waals surface area contributed by atoms with Crippen molar-refractivity contribution < 1.29 is 24.2 Å². The normalized spacial score (nSPS) is 10.2. The average Bonchev–Trinajstić information content (AvgIpc) is 2.72. The van der Waals surface area contributed by atoms with Gasteiger partial charge in [0.25, 0.3) is 5.91 Å². The number of hydrogen-bond donors (Lipinski definition) is 2. The lowest BCUT2D eigenvalue weighted by molar-refractivity contribution is -0.136. The van der Waals surface area contributed by atoms with Crippen LogP contribution in [-0.2, 0) is 27.4 Å². The molecule has 7 heteroatoms. The van der Waals surface area contributed by atoms with Gasteiger partial charge in [-0.3, -0.25) is 9.59 Å². The Labute approximate surface area is 163 Å². The molecule has 0 spiro atoms. The number of likely N-dealkylation sites (N-methyl/N-ethyl adjacent to an activating group) is 1. The van der Waals surface area contributed by atoms with E-state index < -0.39 is 18.5 Å². The van der Waals surface area contributed by atoms with Crippen molar-refractivity contribution in [1.29, 1.82) is 0 Å². The number of aryl methyl sites for hydroxylation is 1. The minimum atomic E-state index is -0.646. The third kappa shape index (κ3) is 5.92. The highest BCUT2D eigenvalue weighted by molar-refractivity contribution is 5.96. The summed E-state index contributed by atoms with van der Waals surface area (Å²) in [5.41, 5.74) is 2.67. The maximum Gasteiger partial charge on any atom is 0.338 e. The first-order valence-corrected chi connectivity index (χ1v) is 8.93. The molecule has 0 unspecified atom stereocenters. The minimum Gasteiger partial charge on any atom is -0.452 e. The van der Waals surface area contributed by atoms with E-state index in [9.17, 15) is 14.4 Å². The van der Waals surface area contributed by atoms with Crippen LogP contribution in [0.25, 0.3) is 0 Å². The Hall–Kier alpha value is -3.19. The van der Waals surface area contributed by atoms with Gasteiger partial charge in [0, 0.05) is 12.7 Å². The zero-order chi connectivity index (χ0) is 20.5. The van der Waals surface area contributed by atoms with Gasteiger partial charge < -0.3 is 20.1 Å². The molecule has 0 aliphatic heterocycles. The molecule has 0 radical (unpaired) electrons. The van der Waals surface area contributed by atoms with Gasteiger partial charge in [-0.2, -0.15) is 0 Å². The Bertz CT molecular complexity index is 833. The van der Waals surface area contributed by atoms with Gasteiger partial charge in [-0.1, -0.05) is 37.3 Å². The van der Waals surface area contributed by atoms with Gasteiger partial charge in [-0.05, 0) is 35.7 Å². The molecule has 0 aromatic heterocycles. The molecule has 0 atom stereocenters. The second-order valence-electron chi connectivity index (χ2n) is 6.24. The lowest BCUT2D eigenvalue weighted by Crippen LogP contribution is -2.37. The number of ether oxygens (including phenoxy) is 1. The maximum absolute atomic E-state index is 12.2. The van der Waals surface area contributed by atoms with Gasteiger partial charge >= 0.3 is 5.97 Å². The SMILES string of the molecule is CCc1ccccc1NC(=O)CN(C)C(=O)COC(=O)c1ccc(CO)cc1. The molecule has 0 saturated carbocycles. The topological polar surface area (TPSA) is 95.9 Å². The number of benzene rings is 2. The highest BCUT2D eigenvalue weighted by Gasteiger charge is 2.16. The van der Waals surface area contributed by atoms with Crippen molar-refractivity contribution in [2.24, 2.45) is 0 Å². The van der Waals surface area contributed by atoms with Gasteiger partial charge in [0.05, 0.1) is 18.7 Å². The largest absolute Gasteiger partial charge is 0.452 e. The molecule has 2 amide bonds. The summed E-state index contributed by atoms with van der Waals surface area (Å²) in [6, 6.07) is 13.7. The first kappa shape index (κ1) is 21.1. The number of hydrogen-bond acceptors (Lipinski definition) is 5. The summed E-state index contributed by atoms with van der Waals surface area (Å²) in [6.45, 7) is 1.26. The monoisotopic (exact) mass is 384 g/mol. The van der Waals surface area contributed by atoms with E-state index >= 15 is 0 Å². The predicted molar refractivity (Wildman–Crippen MR) is 105 cm³/mol. The van der Waals surface area contributed by atoms with Crippen LogP contribution < -0.4 is 5.32 Å². The van der Waals surface area contributed by atoms with E-state index in [4.69, 9.17) is 9.84 Å². The van der Waals surface area contributed by atoms with Gasteiger partial charge in [0.2, 0.25) is 5.91 Å². The molecule has 0 heterocycles. The number of aliphatic hydroxyl groups is 1. The number of rotatable bonds is 8. The van der Waals surface area contributed by atoms with Crippen molar-refractivity contribution in [2.45, 2.75) is 20.0 Å². The number of anilines is 1. The van der Waals surface area contributed by atoms with Crippen LogP contribution in [0, 0.1) is 0 Å². The van der Waals surface area contributed by atoms with E-state index in [0.717, 1.165) is 12.0 Å². The summed E-state index contributed by atoms with van der Waals surface area (Å²) in [5, 5.41) is 11.8.